The predicted molar refractivity (Wildman–Crippen MR) is 63.5 cm³/mol. The summed E-state index contributed by atoms with van der Waals surface area (Å²) in [6, 6.07) is 6.54. The summed E-state index contributed by atoms with van der Waals surface area (Å²) in [4.78, 5) is 4.38. The van der Waals surface area contributed by atoms with Crippen LogP contribution in [0.15, 0.2) is 28.8 Å². The molecular formula is C13H14FN3O. The summed E-state index contributed by atoms with van der Waals surface area (Å²) in [5.41, 5.74) is 0.975. The molecule has 0 bridgehead atoms. The number of rotatable bonds is 3. The lowest BCUT2D eigenvalue weighted by atomic mass is 10.1. The van der Waals surface area contributed by atoms with Gasteiger partial charge >= 0.3 is 0 Å². The summed E-state index contributed by atoms with van der Waals surface area (Å²) in [6.07, 6.45) is 2.75. The van der Waals surface area contributed by atoms with Gasteiger partial charge < -0.3 is 9.84 Å². The number of hydrogen-bond donors (Lipinski definition) is 1. The highest BCUT2D eigenvalue weighted by molar-refractivity contribution is 5.19. The molecule has 1 aliphatic rings. The topological polar surface area (TPSA) is 51.0 Å². The van der Waals surface area contributed by atoms with Crippen molar-refractivity contribution in [1.82, 2.24) is 15.5 Å². The molecular weight excluding hydrogens is 233 g/mol. The summed E-state index contributed by atoms with van der Waals surface area (Å²) < 4.78 is 18.0. The molecule has 0 aliphatic carbocycles. The van der Waals surface area contributed by atoms with Gasteiger partial charge in [0.05, 0.1) is 6.04 Å². The van der Waals surface area contributed by atoms with E-state index in [9.17, 15) is 4.39 Å². The molecule has 1 aromatic carbocycles. The Hall–Kier alpha value is -1.75. The van der Waals surface area contributed by atoms with Crippen molar-refractivity contribution in [2.45, 2.75) is 25.3 Å². The molecule has 0 unspecified atom stereocenters. The zero-order valence-electron chi connectivity index (χ0n) is 9.90. The van der Waals surface area contributed by atoms with E-state index < -0.39 is 0 Å². The zero-order valence-corrected chi connectivity index (χ0v) is 9.90. The molecule has 94 valence electrons. The SMILES string of the molecule is Fc1ccc(Cc2noc([C@@H]3CCCN3)n2)cc1. The summed E-state index contributed by atoms with van der Waals surface area (Å²) in [7, 11) is 0. The van der Waals surface area contributed by atoms with Gasteiger partial charge in [-0.05, 0) is 37.1 Å². The van der Waals surface area contributed by atoms with Crippen molar-refractivity contribution in [3.8, 4) is 0 Å². The fourth-order valence-corrected chi connectivity index (χ4v) is 2.16. The summed E-state index contributed by atoms with van der Waals surface area (Å²) in [5, 5.41) is 7.27. The smallest absolute Gasteiger partial charge is 0.243 e. The highest BCUT2D eigenvalue weighted by atomic mass is 19.1. The maximum Gasteiger partial charge on any atom is 0.243 e. The van der Waals surface area contributed by atoms with Gasteiger partial charge in [0.15, 0.2) is 5.82 Å². The number of nitrogens with zero attached hydrogens (tertiary/aromatic N) is 2. The van der Waals surface area contributed by atoms with E-state index in [1.807, 2.05) is 0 Å². The van der Waals surface area contributed by atoms with Gasteiger partial charge in [-0.3, -0.25) is 0 Å². The Labute approximate surface area is 104 Å². The molecule has 2 heterocycles. The molecule has 4 nitrogen and oxygen atoms in total. The van der Waals surface area contributed by atoms with Crippen LogP contribution in [0, 0.1) is 5.82 Å². The molecule has 3 rings (SSSR count). The molecule has 1 aliphatic heterocycles. The molecule has 0 radical (unpaired) electrons. The van der Waals surface area contributed by atoms with Gasteiger partial charge in [-0.2, -0.15) is 4.98 Å². The van der Waals surface area contributed by atoms with Gasteiger partial charge in [-0.25, -0.2) is 4.39 Å². The van der Waals surface area contributed by atoms with E-state index in [1.165, 1.54) is 12.1 Å². The van der Waals surface area contributed by atoms with Crippen LogP contribution in [0.5, 0.6) is 0 Å². The lowest BCUT2D eigenvalue weighted by molar-refractivity contribution is 0.341. The Balaban J connectivity index is 1.71. The molecule has 5 heteroatoms. The third kappa shape index (κ3) is 2.41. The number of nitrogens with one attached hydrogen (secondary N) is 1. The van der Waals surface area contributed by atoms with Crippen molar-refractivity contribution in [2.24, 2.45) is 0 Å². The van der Waals surface area contributed by atoms with Gasteiger partial charge in [0.25, 0.3) is 0 Å². The van der Waals surface area contributed by atoms with Gasteiger partial charge in [0.1, 0.15) is 5.82 Å². The molecule has 0 amide bonds. The molecule has 2 aromatic rings. The largest absolute Gasteiger partial charge is 0.338 e. The number of aromatic nitrogens is 2. The first-order valence-corrected chi connectivity index (χ1v) is 6.11. The van der Waals surface area contributed by atoms with Gasteiger partial charge in [-0.1, -0.05) is 17.3 Å². The second-order valence-electron chi connectivity index (χ2n) is 4.50. The van der Waals surface area contributed by atoms with Crippen LogP contribution in [0.2, 0.25) is 0 Å². The first kappa shape index (κ1) is 11.3. The Morgan fingerprint density at radius 2 is 2.17 bits per heavy atom. The lowest BCUT2D eigenvalue weighted by Gasteiger charge is -2.01. The highest BCUT2D eigenvalue weighted by Gasteiger charge is 2.22. The van der Waals surface area contributed by atoms with Crippen LogP contribution in [0.3, 0.4) is 0 Å². The van der Waals surface area contributed by atoms with Crippen molar-refractivity contribution in [3.63, 3.8) is 0 Å². The van der Waals surface area contributed by atoms with Crippen LogP contribution >= 0.6 is 0 Å². The average molecular weight is 247 g/mol. The average Bonchev–Trinajstić information content (AvgIpc) is 3.02. The first-order valence-electron chi connectivity index (χ1n) is 6.11. The highest BCUT2D eigenvalue weighted by Crippen LogP contribution is 2.21. The van der Waals surface area contributed by atoms with Crippen LogP contribution in [0.1, 0.15) is 36.2 Å². The zero-order chi connectivity index (χ0) is 12.4. The maximum atomic E-state index is 12.8. The van der Waals surface area contributed by atoms with E-state index >= 15 is 0 Å². The van der Waals surface area contributed by atoms with Gasteiger partial charge in [0.2, 0.25) is 5.89 Å². The van der Waals surface area contributed by atoms with Crippen LogP contribution in [-0.2, 0) is 6.42 Å². The molecule has 1 saturated heterocycles. The van der Waals surface area contributed by atoms with E-state index in [4.69, 9.17) is 4.52 Å². The van der Waals surface area contributed by atoms with Crippen molar-refractivity contribution >= 4 is 0 Å². The fourth-order valence-electron chi connectivity index (χ4n) is 2.16. The first-order chi connectivity index (χ1) is 8.81. The van der Waals surface area contributed by atoms with Gasteiger partial charge in [-0.15, -0.1) is 0 Å². The molecule has 1 aromatic heterocycles. The van der Waals surface area contributed by atoms with Crippen LogP contribution in [0.25, 0.3) is 0 Å². The van der Waals surface area contributed by atoms with E-state index in [1.54, 1.807) is 12.1 Å². The Kier molecular flexibility index (Phi) is 3.06. The minimum Gasteiger partial charge on any atom is -0.338 e. The lowest BCUT2D eigenvalue weighted by Crippen LogP contribution is -2.13. The molecule has 1 N–H and O–H groups in total. The van der Waals surface area contributed by atoms with E-state index in [2.05, 4.69) is 15.5 Å². The van der Waals surface area contributed by atoms with E-state index in [-0.39, 0.29) is 11.9 Å². The minimum atomic E-state index is -0.234. The Morgan fingerprint density at radius 1 is 1.33 bits per heavy atom. The third-order valence-corrected chi connectivity index (χ3v) is 3.12. The summed E-state index contributed by atoms with van der Waals surface area (Å²) >= 11 is 0. The third-order valence-electron chi connectivity index (χ3n) is 3.12. The van der Waals surface area contributed by atoms with Gasteiger partial charge in [0, 0.05) is 6.42 Å². The van der Waals surface area contributed by atoms with Crippen molar-refractivity contribution in [2.75, 3.05) is 6.54 Å². The van der Waals surface area contributed by atoms with Crippen LogP contribution in [-0.4, -0.2) is 16.7 Å². The minimum absolute atomic E-state index is 0.194. The molecule has 0 saturated carbocycles. The molecule has 18 heavy (non-hydrogen) atoms. The normalized spacial score (nSPS) is 19.3. The number of hydrogen-bond acceptors (Lipinski definition) is 4. The Bertz CT molecular complexity index is 517. The van der Waals surface area contributed by atoms with Crippen molar-refractivity contribution < 1.29 is 8.91 Å². The standard InChI is InChI=1S/C13H14FN3O/c14-10-5-3-9(4-6-10)8-12-16-13(18-17-12)11-2-1-7-15-11/h3-6,11,15H,1-2,7-8H2/t11-/m0/s1. The predicted octanol–water partition coefficient (Wildman–Crippen LogP) is 2.22. The molecule has 1 fully saturated rings. The van der Waals surface area contributed by atoms with Crippen molar-refractivity contribution in [3.05, 3.63) is 47.4 Å². The fraction of sp³-hybridized carbons (Fsp3) is 0.385. The van der Waals surface area contributed by atoms with Crippen LogP contribution < -0.4 is 5.32 Å². The summed E-state index contributed by atoms with van der Waals surface area (Å²) in [5.74, 6) is 1.07. The molecule has 1 atom stereocenters. The second kappa shape index (κ2) is 4.86. The number of halogens is 1. The quantitative estimate of drug-likeness (QED) is 0.903. The van der Waals surface area contributed by atoms with Crippen LogP contribution in [0.4, 0.5) is 4.39 Å². The second-order valence-corrected chi connectivity index (χ2v) is 4.50. The number of benzene rings is 1. The Morgan fingerprint density at radius 3 is 2.89 bits per heavy atom. The monoisotopic (exact) mass is 247 g/mol. The van der Waals surface area contributed by atoms with E-state index in [0.29, 0.717) is 18.1 Å². The van der Waals surface area contributed by atoms with E-state index in [0.717, 1.165) is 24.9 Å². The molecule has 0 spiro atoms. The van der Waals surface area contributed by atoms with Crippen molar-refractivity contribution in [1.29, 1.82) is 0 Å². The maximum absolute atomic E-state index is 12.8. The summed E-state index contributed by atoms with van der Waals surface area (Å²) in [6.45, 7) is 1.00.